The fourth-order valence-corrected chi connectivity index (χ4v) is 2.80. The van der Waals surface area contributed by atoms with Crippen molar-refractivity contribution < 1.29 is 4.79 Å². The monoisotopic (exact) mass is 274 g/mol. The topological polar surface area (TPSA) is 55.1 Å². The Morgan fingerprint density at radius 1 is 1.16 bits per heavy atom. The van der Waals surface area contributed by atoms with Crippen LogP contribution in [0.3, 0.4) is 0 Å². The summed E-state index contributed by atoms with van der Waals surface area (Å²) in [6, 6.07) is 5.58. The van der Waals surface area contributed by atoms with Crippen molar-refractivity contribution in [1.82, 2.24) is 5.32 Å². The number of carbonyl (C=O) groups is 1. The van der Waals surface area contributed by atoms with Crippen molar-refractivity contribution in [1.29, 1.82) is 0 Å². The van der Waals surface area contributed by atoms with E-state index < -0.39 is 0 Å². The first-order valence-corrected chi connectivity index (χ1v) is 7.14. The minimum atomic E-state index is -0.378. The summed E-state index contributed by atoms with van der Waals surface area (Å²) in [5, 5.41) is 7.75. The molecular weight excluding hydrogens is 256 g/mol. The van der Waals surface area contributed by atoms with Crippen LogP contribution in [0, 0.1) is 13.8 Å². The van der Waals surface area contributed by atoms with Gasteiger partial charge in [0, 0.05) is 18.7 Å². The van der Waals surface area contributed by atoms with Crippen LogP contribution in [0.2, 0.25) is 0 Å². The second-order valence-electron chi connectivity index (χ2n) is 4.69. The predicted molar refractivity (Wildman–Crippen MR) is 79.3 cm³/mol. The van der Waals surface area contributed by atoms with Crippen LogP contribution in [-0.2, 0) is 13.1 Å². The number of amides is 1. The minimum absolute atomic E-state index is 0.378. The van der Waals surface area contributed by atoms with Crippen molar-refractivity contribution in [3.8, 4) is 0 Å². The highest BCUT2D eigenvalue weighted by molar-refractivity contribution is 7.08. The van der Waals surface area contributed by atoms with Crippen molar-refractivity contribution >= 4 is 17.2 Å². The van der Waals surface area contributed by atoms with Gasteiger partial charge in [-0.05, 0) is 59.0 Å². The fourth-order valence-electron chi connectivity index (χ4n) is 1.95. The number of primary amides is 1. The summed E-state index contributed by atoms with van der Waals surface area (Å²) in [6.45, 7) is 5.78. The third kappa shape index (κ3) is 3.43. The van der Waals surface area contributed by atoms with Gasteiger partial charge in [0.1, 0.15) is 0 Å². The van der Waals surface area contributed by atoms with E-state index in [2.05, 4.69) is 23.0 Å². The first kappa shape index (κ1) is 13.8. The van der Waals surface area contributed by atoms with Gasteiger partial charge in [0.15, 0.2) is 0 Å². The van der Waals surface area contributed by atoms with Crippen LogP contribution in [0.25, 0.3) is 0 Å². The second kappa shape index (κ2) is 5.99. The van der Waals surface area contributed by atoms with Crippen molar-refractivity contribution in [2.45, 2.75) is 26.9 Å². The molecular formula is C15H18N2OS. The van der Waals surface area contributed by atoms with E-state index in [1.165, 1.54) is 16.7 Å². The Labute approximate surface area is 117 Å². The van der Waals surface area contributed by atoms with Gasteiger partial charge in [-0.1, -0.05) is 6.07 Å². The van der Waals surface area contributed by atoms with Gasteiger partial charge in [-0.15, -0.1) is 0 Å². The van der Waals surface area contributed by atoms with Gasteiger partial charge in [-0.25, -0.2) is 0 Å². The number of rotatable bonds is 5. The third-order valence-corrected chi connectivity index (χ3v) is 4.13. The molecule has 0 fully saturated rings. The number of aryl methyl sites for hydroxylation is 2. The molecule has 0 aliphatic heterocycles. The molecule has 0 radical (unpaired) electrons. The van der Waals surface area contributed by atoms with Crippen LogP contribution >= 0.6 is 11.3 Å². The molecule has 0 aliphatic carbocycles. The summed E-state index contributed by atoms with van der Waals surface area (Å²) in [4.78, 5) is 11.1. The van der Waals surface area contributed by atoms with Crippen molar-refractivity contribution in [3.05, 3.63) is 56.8 Å². The van der Waals surface area contributed by atoms with Crippen LogP contribution in [-0.4, -0.2) is 5.91 Å². The number of nitrogens with two attached hydrogens (primary N) is 1. The van der Waals surface area contributed by atoms with E-state index in [-0.39, 0.29) is 5.91 Å². The molecule has 0 atom stereocenters. The molecule has 2 aromatic rings. The highest BCUT2D eigenvalue weighted by Gasteiger charge is 2.04. The molecule has 4 heteroatoms. The predicted octanol–water partition coefficient (Wildman–Crippen LogP) is 2.75. The molecule has 0 saturated carbocycles. The summed E-state index contributed by atoms with van der Waals surface area (Å²) in [7, 11) is 0. The number of carbonyl (C=O) groups excluding carboxylic acids is 1. The van der Waals surface area contributed by atoms with Gasteiger partial charge in [0.25, 0.3) is 0 Å². The smallest absolute Gasteiger partial charge is 0.248 e. The Hall–Kier alpha value is -1.65. The standard InChI is InChI=1S/C15H18N2OS/c1-10-5-12(15(16)18)3-4-13(10)6-17-7-14-9-19-8-11(14)2/h3-5,8-9,17H,6-7H2,1-2H3,(H2,16,18). The molecule has 0 saturated heterocycles. The normalized spacial score (nSPS) is 10.6. The Balaban J connectivity index is 1.96. The average Bonchev–Trinajstić information content (AvgIpc) is 2.77. The summed E-state index contributed by atoms with van der Waals surface area (Å²) < 4.78 is 0. The molecule has 1 aromatic carbocycles. The van der Waals surface area contributed by atoms with Crippen molar-refractivity contribution in [3.63, 3.8) is 0 Å². The van der Waals surface area contributed by atoms with Crippen molar-refractivity contribution in [2.75, 3.05) is 0 Å². The lowest BCUT2D eigenvalue weighted by Crippen LogP contribution is -2.15. The molecule has 100 valence electrons. The maximum atomic E-state index is 11.1. The van der Waals surface area contributed by atoms with E-state index in [4.69, 9.17) is 5.73 Å². The zero-order valence-corrected chi connectivity index (χ0v) is 12.0. The number of hydrogen-bond acceptors (Lipinski definition) is 3. The molecule has 3 N–H and O–H groups in total. The Kier molecular flexibility index (Phi) is 4.35. The van der Waals surface area contributed by atoms with Crippen LogP contribution in [0.4, 0.5) is 0 Å². The van der Waals surface area contributed by atoms with Gasteiger partial charge >= 0.3 is 0 Å². The number of thiophene rings is 1. The van der Waals surface area contributed by atoms with E-state index in [1.807, 2.05) is 19.1 Å². The molecule has 0 aliphatic rings. The van der Waals surface area contributed by atoms with E-state index in [0.29, 0.717) is 5.56 Å². The average molecular weight is 274 g/mol. The Morgan fingerprint density at radius 2 is 1.89 bits per heavy atom. The molecule has 3 nitrogen and oxygen atoms in total. The molecule has 1 amide bonds. The zero-order valence-electron chi connectivity index (χ0n) is 11.2. The highest BCUT2D eigenvalue weighted by Crippen LogP contribution is 2.14. The summed E-state index contributed by atoms with van der Waals surface area (Å²) in [5.41, 5.74) is 10.8. The first-order chi connectivity index (χ1) is 9.08. The van der Waals surface area contributed by atoms with E-state index >= 15 is 0 Å². The molecule has 19 heavy (non-hydrogen) atoms. The fraction of sp³-hybridized carbons (Fsp3) is 0.267. The van der Waals surface area contributed by atoms with Crippen LogP contribution in [0.15, 0.2) is 29.0 Å². The Morgan fingerprint density at radius 3 is 2.47 bits per heavy atom. The van der Waals surface area contributed by atoms with Crippen LogP contribution in [0.1, 0.15) is 32.6 Å². The van der Waals surface area contributed by atoms with Gasteiger partial charge in [0.05, 0.1) is 0 Å². The van der Waals surface area contributed by atoms with E-state index in [9.17, 15) is 4.79 Å². The van der Waals surface area contributed by atoms with E-state index in [1.54, 1.807) is 17.4 Å². The number of hydrogen-bond donors (Lipinski definition) is 2. The van der Waals surface area contributed by atoms with E-state index in [0.717, 1.165) is 18.7 Å². The summed E-state index contributed by atoms with van der Waals surface area (Å²) in [5.74, 6) is -0.378. The van der Waals surface area contributed by atoms with Crippen molar-refractivity contribution in [2.24, 2.45) is 5.73 Å². The molecule has 1 aromatic heterocycles. The van der Waals surface area contributed by atoms with Crippen LogP contribution < -0.4 is 11.1 Å². The van der Waals surface area contributed by atoms with Gasteiger partial charge in [-0.2, -0.15) is 11.3 Å². The maximum absolute atomic E-state index is 11.1. The lowest BCUT2D eigenvalue weighted by atomic mass is 10.0. The molecule has 0 spiro atoms. The SMILES string of the molecule is Cc1cc(C(N)=O)ccc1CNCc1cscc1C. The molecule has 2 rings (SSSR count). The van der Waals surface area contributed by atoms with Crippen LogP contribution in [0.5, 0.6) is 0 Å². The molecule has 0 unspecified atom stereocenters. The molecule has 1 heterocycles. The maximum Gasteiger partial charge on any atom is 0.248 e. The zero-order chi connectivity index (χ0) is 13.8. The number of benzene rings is 1. The Bertz CT molecular complexity index is 590. The largest absolute Gasteiger partial charge is 0.366 e. The van der Waals surface area contributed by atoms with Gasteiger partial charge in [-0.3, -0.25) is 4.79 Å². The summed E-state index contributed by atoms with van der Waals surface area (Å²) in [6.07, 6.45) is 0. The lowest BCUT2D eigenvalue weighted by molar-refractivity contribution is 0.1000. The second-order valence-corrected chi connectivity index (χ2v) is 5.43. The molecule has 0 bridgehead atoms. The minimum Gasteiger partial charge on any atom is -0.366 e. The third-order valence-electron chi connectivity index (χ3n) is 3.22. The summed E-state index contributed by atoms with van der Waals surface area (Å²) >= 11 is 1.73. The first-order valence-electron chi connectivity index (χ1n) is 6.19. The number of nitrogens with one attached hydrogen (secondary N) is 1. The highest BCUT2D eigenvalue weighted by atomic mass is 32.1. The van der Waals surface area contributed by atoms with Gasteiger partial charge < -0.3 is 11.1 Å². The quantitative estimate of drug-likeness (QED) is 0.881. The van der Waals surface area contributed by atoms with Gasteiger partial charge in [0.2, 0.25) is 5.91 Å². The lowest BCUT2D eigenvalue weighted by Gasteiger charge is -2.09.